The number of carbonyl (C=O) groups excluding carboxylic acids is 2. The van der Waals surface area contributed by atoms with Gasteiger partial charge in [-0.05, 0) is 29.8 Å². The third-order valence-corrected chi connectivity index (χ3v) is 6.12. The van der Waals surface area contributed by atoms with Crippen LogP contribution in [-0.4, -0.2) is 20.0 Å². The third-order valence-electron chi connectivity index (χ3n) is 4.52. The van der Waals surface area contributed by atoms with E-state index in [0.29, 0.717) is 10.6 Å². The van der Waals surface area contributed by atoms with Crippen molar-refractivity contribution in [1.29, 1.82) is 0 Å². The van der Waals surface area contributed by atoms with Gasteiger partial charge in [0.1, 0.15) is 5.70 Å². The van der Waals surface area contributed by atoms with Gasteiger partial charge in [-0.3, -0.25) is 14.3 Å². The molecule has 1 aliphatic rings. The van der Waals surface area contributed by atoms with Crippen LogP contribution in [0.1, 0.15) is 26.3 Å². The molecule has 5 nitrogen and oxygen atoms in total. The Hall–Kier alpha value is -3.22. The van der Waals surface area contributed by atoms with E-state index in [1.54, 1.807) is 54.6 Å². The summed E-state index contributed by atoms with van der Waals surface area (Å²) in [6.07, 6.45) is 0. The van der Waals surface area contributed by atoms with Gasteiger partial charge in [-0.2, -0.15) is 0 Å². The molecule has 3 aromatic rings. The van der Waals surface area contributed by atoms with E-state index in [1.165, 1.54) is 24.3 Å². The van der Waals surface area contributed by atoms with Crippen LogP contribution in [0.4, 0.5) is 0 Å². The molecule has 4 rings (SSSR count). The molecule has 0 heterocycles. The second-order valence-corrected chi connectivity index (χ2v) is 8.50. The molecule has 0 unspecified atom stereocenters. The Balaban J connectivity index is 1.94. The number of benzene rings is 3. The number of ketones is 2. The largest absolute Gasteiger partial charge is 0.288 e. The minimum Gasteiger partial charge on any atom is -0.288 e. The second kappa shape index (κ2) is 7.31. The van der Waals surface area contributed by atoms with Crippen LogP contribution in [0.25, 0.3) is 5.57 Å². The predicted molar refractivity (Wildman–Crippen MR) is 110 cm³/mol. The summed E-state index contributed by atoms with van der Waals surface area (Å²) in [5, 5.41) is 0.361. The molecule has 0 saturated heterocycles. The molecule has 7 heteroatoms. The number of nitrogens with one attached hydrogen (secondary N) is 1. The summed E-state index contributed by atoms with van der Waals surface area (Å²) < 4.78 is 28.1. The van der Waals surface area contributed by atoms with Crippen LogP contribution in [0.3, 0.4) is 0 Å². The number of sulfonamides is 1. The highest BCUT2D eigenvalue weighted by Crippen LogP contribution is 2.33. The van der Waals surface area contributed by atoms with Gasteiger partial charge in [0.05, 0.1) is 10.5 Å². The van der Waals surface area contributed by atoms with Crippen LogP contribution in [0.15, 0.2) is 89.5 Å². The molecule has 0 saturated carbocycles. The van der Waals surface area contributed by atoms with Crippen molar-refractivity contribution < 1.29 is 18.0 Å². The first-order valence-corrected chi connectivity index (χ1v) is 10.5. The van der Waals surface area contributed by atoms with Crippen molar-refractivity contribution in [1.82, 2.24) is 4.72 Å². The van der Waals surface area contributed by atoms with Gasteiger partial charge >= 0.3 is 0 Å². The lowest BCUT2D eigenvalue weighted by atomic mass is 9.84. The summed E-state index contributed by atoms with van der Waals surface area (Å²) in [5.41, 5.74) is 0.399. The number of fused-ring (bicyclic) bond motifs is 1. The number of halogens is 1. The lowest BCUT2D eigenvalue weighted by Crippen LogP contribution is -2.33. The molecule has 144 valence electrons. The molecule has 0 spiro atoms. The van der Waals surface area contributed by atoms with Gasteiger partial charge in [0, 0.05) is 16.1 Å². The Labute approximate surface area is 172 Å². The maximum Gasteiger partial charge on any atom is 0.262 e. The topological polar surface area (TPSA) is 80.3 Å². The van der Waals surface area contributed by atoms with Crippen LogP contribution in [-0.2, 0) is 10.0 Å². The van der Waals surface area contributed by atoms with Crippen molar-refractivity contribution >= 4 is 38.8 Å². The zero-order valence-electron chi connectivity index (χ0n) is 14.9. The lowest BCUT2D eigenvalue weighted by molar-refractivity contribution is 0.0988. The Morgan fingerprint density at radius 3 is 2.00 bits per heavy atom. The molecule has 0 aliphatic heterocycles. The molecular formula is C22H14ClNO4S. The van der Waals surface area contributed by atoms with Gasteiger partial charge in [-0.1, -0.05) is 66.2 Å². The van der Waals surface area contributed by atoms with E-state index in [9.17, 15) is 18.0 Å². The Morgan fingerprint density at radius 2 is 1.34 bits per heavy atom. The van der Waals surface area contributed by atoms with Gasteiger partial charge in [0.25, 0.3) is 10.0 Å². The number of hydrogen-bond acceptors (Lipinski definition) is 4. The van der Waals surface area contributed by atoms with Crippen molar-refractivity contribution in [3.8, 4) is 0 Å². The molecule has 1 aliphatic carbocycles. The molecular weight excluding hydrogens is 410 g/mol. The number of allylic oxidation sites excluding steroid dienone is 2. The average molecular weight is 424 g/mol. The lowest BCUT2D eigenvalue weighted by Gasteiger charge is -2.22. The zero-order chi connectivity index (χ0) is 20.6. The van der Waals surface area contributed by atoms with Crippen molar-refractivity contribution in [2.45, 2.75) is 4.90 Å². The number of Topliss-reactive ketones (excluding diaryl/α,β-unsaturated/α-hetero) is 2. The van der Waals surface area contributed by atoms with Crippen molar-refractivity contribution in [2.75, 3.05) is 0 Å². The quantitative estimate of drug-likeness (QED) is 0.684. The fourth-order valence-electron chi connectivity index (χ4n) is 3.19. The molecule has 0 aromatic heterocycles. The predicted octanol–water partition coefficient (Wildman–Crippen LogP) is 4.11. The molecule has 1 N–H and O–H groups in total. The number of carbonyl (C=O) groups is 2. The van der Waals surface area contributed by atoms with Gasteiger partial charge < -0.3 is 0 Å². The summed E-state index contributed by atoms with van der Waals surface area (Å²) in [6, 6.07) is 20.4. The van der Waals surface area contributed by atoms with E-state index in [4.69, 9.17) is 11.6 Å². The van der Waals surface area contributed by atoms with E-state index in [1.807, 2.05) is 0 Å². The summed E-state index contributed by atoms with van der Waals surface area (Å²) in [5.74, 6) is -1.03. The number of hydrogen-bond donors (Lipinski definition) is 1. The van der Waals surface area contributed by atoms with Crippen LogP contribution in [0.2, 0.25) is 5.02 Å². The van der Waals surface area contributed by atoms with Crippen molar-refractivity contribution in [3.63, 3.8) is 0 Å². The SMILES string of the molecule is O=C1C(NS(=O)(=O)c2ccccc2)=C(c2cccc(Cl)c2)C(=O)c2ccccc21. The molecule has 0 amide bonds. The third kappa shape index (κ3) is 3.48. The highest BCUT2D eigenvalue weighted by Gasteiger charge is 2.35. The molecule has 0 atom stereocenters. The highest BCUT2D eigenvalue weighted by molar-refractivity contribution is 7.89. The average Bonchev–Trinajstić information content (AvgIpc) is 2.72. The fraction of sp³-hybridized carbons (Fsp3) is 0. The standard InChI is InChI=1S/C22H14ClNO4S/c23-15-8-6-7-14(13-15)19-20(24-29(27,28)16-9-2-1-3-10-16)22(26)18-12-5-4-11-17(18)21(19)25/h1-13,24H. The van der Waals surface area contributed by atoms with Crippen molar-refractivity contribution in [2.24, 2.45) is 0 Å². The Kier molecular flexibility index (Phi) is 4.82. The van der Waals surface area contributed by atoms with E-state index >= 15 is 0 Å². The molecule has 3 aromatic carbocycles. The fourth-order valence-corrected chi connectivity index (χ4v) is 4.47. The maximum absolute atomic E-state index is 13.2. The zero-order valence-corrected chi connectivity index (χ0v) is 16.5. The smallest absolute Gasteiger partial charge is 0.262 e. The van der Waals surface area contributed by atoms with E-state index in [0.717, 1.165) is 0 Å². The normalized spacial score (nSPS) is 14.0. The summed E-state index contributed by atoms with van der Waals surface area (Å²) >= 11 is 6.07. The first-order valence-electron chi connectivity index (χ1n) is 8.65. The molecule has 0 bridgehead atoms. The van der Waals surface area contributed by atoms with Crippen LogP contribution in [0.5, 0.6) is 0 Å². The van der Waals surface area contributed by atoms with Gasteiger partial charge in [-0.25, -0.2) is 8.42 Å². The van der Waals surface area contributed by atoms with Gasteiger partial charge in [-0.15, -0.1) is 0 Å². The number of rotatable bonds is 4. The van der Waals surface area contributed by atoms with Crippen LogP contribution < -0.4 is 4.72 Å². The Morgan fingerprint density at radius 1 is 0.724 bits per heavy atom. The van der Waals surface area contributed by atoms with Crippen LogP contribution >= 0.6 is 11.6 Å². The summed E-state index contributed by atoms with van der Waals surface area (Å²) in [7, 11) is -4.08. The summed E-state index contributed by atoms with van der Waals surface area (Å²) in [6.45, 7) is 0. The van der Waals surface area contributed by atoms with Gasteiger partial charge in [0.2, 0.25) is 5.78 Å². The minimum absolute atomic E-state index is 0.0166. The van der Waals surface area contributed by atoms with E-state index in [-0.39, 0.29) is 27.3 Å². The maximum atomic E-state index is 13.2. The minimum atomic E-state index is -4.08. The second-order valence-electron chi connectivity index (χ2n) is 6.38. The van der Waals surface area contributed by atoms with E-state index in [2.05, 4.69) is 4.72 Å². The first-order chi connectivity index (χ1) is 13.9. The molecule has 0 fully saturated rings. The highest BCUT2D eigenvalue weighted by atomic mass is 35.5. The first kappa shape index (κ1) is 19.1. The monoisotopic (exact) mass is 423 g/mol. The molecule has 0 radical (unpaired) electrons. The van der Waals surface area contributed by atoms with Gasteiger partial charge in [0.15, 0.2) is 5.78 Å². The van der Waals surface area contributed by atoms with Crippen LogP contribution in [0, 0.1) is 0 Å². The van der Waals surface area contributed by atoms with E-state index < -0.39 is 21.6 Å². The van der Waals surface area contributed by atoms with Crippen molar-refractivity contribution in [3.05, 3.63) is 106 Å². The Bertz CT molecular complexity index is 1280. The summed E-state index contributed by atoms with van der Waals surface area (Å²) in [4.78, 5) is 26.4. The molecule has 29 heavy (non-hydrogen) atoms.